The van der Waals surface area contributed by atoms with E-state index in [0.717, 1.165) is 23.7 Å². The van der Waals surface area contributed by atoms with Crippen molar-refractivity contribution in [2.75, 3.05) is 32.2 Å². The number of aromatic nitrogens is 1. The number of hydrogen-bond donors (Lipinski definition) is 0. The third kappa shape index (κ3) is 3.89. The number of methoxy groups -OCH3 is 2. The number of pyridine rings is 1. The first kappa shape index (κ1) is 20.3. The molecule has 1 saturated heterocycles. The van der Waals surface area contributed by atoms with Gasteiger partial charge in [0.15, 0.2) is 0 Å². The van der Waals surface area contributed by atoms with Crippen LogP contribution in [0.1, 0.15) is 57.9 Å². The number of anilines is 1. The molecule has 0 bridgehead atoms. The molecule has 1 saturated carbocycles. The van der Waals surface area contributed by atoms with Crippen molar-refractivity contribution in [2.24, 2.45) is 5.92 Å². The van der Waals surface area contributed by atoms with Gasteiger partial charge in [0.05, 0.1) is 13.2 Å². The summed E-state index contributed by atoms with van der Waals surface area (Å²) in [5.74, 6) is 2.35. The highest BCUT2D eigenvalue weighted by atomic mass is 16.6. The van der Waals surface area contributed by atoms with E-state index in [1.807, 2.05) is 25.7 Å². The van der Waals surface area contributed by atoms with E-state index in [1.54, 1.807) is 14.2 Å². The van der Waals surface area contributed by atoms with Crippen LogP contribution in [-0.2, 0) is 15.9 Å². The van der Waals surface area contributed by atoms with Crippen molar-refractivity contribution in [1.82, 2.24) is 9.88 Å². The fourth-order valence-electron chi connectivity index (χ4n) is 4.66. The topological polar surface area (TPSA) is 64.1 Å². The highest BCUT2D eigenvalue weighted by Crippen LogP contribution is 2.47. The van der Waals surface area contributed by atoms with E-state index in [4.69, 9.17) is 19.2 Å². The van der Waals surface area contributed by atoms with E-state index in [0.29, 0.717) is 19.0 Å². The van der Waals surface area contributed by atoms with Gasteiger partial charge in [0.2, 0.25) is 0 Å². The quantitative estimate of drug-likeness (QED) is 0.766. The van der Waals surface area contributed by atoms with Gasteiger partial charge in [-0.2, -0.15) is 0 Å². The van der Waals surface area contributed by atoms with Crippen LogP contribution >= 0.6 is 0 Å². The fourth-order valence-corrected chi connectivity index (χ4v) is 4.66. The van der Waals surface area contributed by atoms with Crippen molar-refractivity contribution in [3.63, 3.8) is 0 Å². The van der Waals surface area contributed by atoms with Crippen molar-refractivity contribution < 1.29 is 19.0 Å². The summed E-state index contributed by atoms with van der Waals surface area (Å²) in [6.45, 7) is 9.13. The van der Waals surface area contributed by atoms with Gasteiger partial charge < -0.3 is 24.0 Å². The van der Waals surface area contributed by atoms with E-state index in [1.165, 1.54) is 18.4 Å². The first-order valence-electron chi connectivity index (χ1n) is 10.6. The molecule has 1 amide bonds. The molecule has 1 aromatic rings. The Balaban J connectivity index is 1.59. The van der Waals surface area contributed by atoms with Gasteiger partial charge >= 0.3 is 6.09 Å². The number of amides is 1. The highest BCUT2D eigenvalue weighted by molar-refractivity contribution is 5.70. The van der Waals surface area contributed by atoms with E-state index < -0.39 is 5.60 Å². The molecule has 7 heteroatoms. The molecule has 1 aliphatic carbocycles. The third-order valence-corrected chi connectivity index (χ3v) is 6.00. The van der Waals surface area contributed by atoms with Gasteiger partial charge in [-0.3, -0.25) is 0 Å². The Morgan fingerprint density at radius 3 is 2.55 bits per heavy atom. The molecule has 0 radical (unpaired) electrons. The molecule has 2 fully saturated rings. The lowest BCUT2D eigenvalue weighted by Crippen LogP contribution is -2.58. The molecule has 160 valence electrons. The number of hydrogen-bond acceptors (Lipinski definition) is 6. The Morgan fingerprint density at radius 2 is 1.97 bits per heavy atom. The van der Waals surface area contributed by atoms with Crippen LogP contribution in [0.2, 0.25) is 0 Å². The van der Waals surface area contributed by atoms with Crippen molar-refractivity contribution in [3.8, 4) is 5.75 Å². The maximum Gasteiger partial charge on any atom is 0.410 e. The number of rotatable bonds is 4. The molecular formula is C22H33N3O4. The normalized spacial score (nSPS) is 24.8. The summed E-state index contributed by atoms with van der Waals surface area (Å²) in [4.78, 5) is 21.9. The Bertz CT molecular complexity index is 787. The molecule has 3 aliphatic rings. The molecule has 0 spiro atoms. The van der Waals surface area contributed by atoms with Crippen LogP contribution in [0.25, 0.3) is 0 Å². The fraction of sp³-hybridized carbons (Fsp3) is 0.727. The number of carbonyl (C=O) groups excluding carboxylic acids is 1. The number of piperazine rings is 1. The average Bonchev–Trinajstić information content (AvgIpc) is 3.40. The van der Waals surface area contributed by atoms with Gasteiger partial charge in [0, 0.05) is 31.8 Å². The lowest BCUT2D eigenvalue weighted by atomic mass is 10.1. The minimum absolute atomic E-state index is 0.0207. The summed E-state index contributed by atoms with van der Waals surface area (Å²) >= 11 is 0. The van der Waals surface area contributed by atoms with Crippen molar-refractivity contribution in [2.45, 2.75) is 70.7 Å². The maximum absolute atomic E-state index is 12.6. The summed E-state index contributed by atoms with van der Waals surface area (Å²) in [5.41, 5.74) is 1.59. The van der Waals surface area contributed by atoms with Crippen LogP contribution in [0, 0.1) is 5.92 Å². The predicted octanol–water partition coefficient (Wildman–Crippen LogP) is 3.56. The molecule has 2 aliphatic heterocycles. The molecule has 7 nitrogen and oxygen atoms in total. The zero-order chi connectivity index (χ0) is 20.9. The van der Waals surface area contributed by atoms with Crippen LogP contribution < -0.4 is 9.64 Å². The van der Waals surface area contributed by atoms with Gasteiger partial charge in [0.1, 0.15) is 29.0 Å². The summed E-state index contributed by atoms with van der Waals surface area (Å²) in [5, 5.41) is 0. The molecule has 1 unspecified atom stereocenters. The van der Waals surface area contributed by atoms with E-state index in [2.05, 4.69) is 17.9 Å². The molecule has 4 rings (SSSR count). The Labute approximate surface area is 173 Å². The molecule has 0 aromatic carbocycles. The number of fused-ring (bicyclic) bond motifs is 3. The molecule has 3 heterocycles. The van der Waals surface area contributed by atoms with Crippen LogP contribution in [0.15, 0.2) is 6.07 Å². The third-order valence-electron chi connectivity index (χ3n) is 6.00. The van der Waals surface area contributed by atoms with E-state index in [9.17, 15) is 4.79 Å². The second kappa shape index (κ2) is 7.35. The zero-order valence-electron chi connectivity index (χ0n) is 18.4. The van der Waals surface area contributed by atoms with E-state index in [-0.39, 0.29) is 24.3 Å². The Hall–Kier alpha value is -2.02. The standard InChI is InChI=1S/C22H33N3O4/c1-13-11-24(21(26)29-22(2,3)4)12-16-9-15-10-17(27-5)18(23-20(15)25(13)16)19(28-6)14-7-8-14/h10,13-14,16,19H,7-9,11-12H2,1-6H3/t13-,16-,19?/m1/s1. The summed E-state index contributed by atoms with van der Waals surface area (Å²) in [7, 11) is 3.45. The maximum atomic E-state index is 12.6. The summed E-state index contributed by atoms with van der Waals surface area (Å²) < 4.78 is 17.1. The van der Waals surface area contributed by atoms with Crippen LogP contribution in [0.4, 0.5) is 10.6 Å². The molecule has 3 atom stereocenters. The second-order valence-electron chi connectivity index (χ2n) is 9.55. The number of ether oxygens (including phenoxy) is 3. The SMILES string of the molecule is COc1cc2c(nc1C(OC)C1CC1)N1[C@H](C2)CN(C(=O)OC(C)(C)C)C[C@H]1C. The number of carbonyl (C=O) groups is 1. The molecular weight excluding hydrogens is 370 g/mol. The monoisotopic (exact) mass is 403 g/mol. The van der Waals surface area contributed by atoms with Gasteiger partial charge in [-0.1, -0.05) is 0 Å². The van der Waals surface area contributed by atoms with E-state index >= 15 is 0 Å². The minimum Gasteiger partial charge on any atom is -0.495 e. The molecule has 29 heavy (non-hydrogen) atoms. The summed E-state index contributed by atoms with van der Waals surface area (Å²) in [6.07, 6.45) is 2.94. The minimum atomic E-state index is -0.488. The van der Waals surface area contributed by atoms with Crippen molar-refractivity contribution in [3.05, 3.63) is 17.3 Å². The average molecular weight is 404 g/mol. The summed E-state index contributed by atoms with van der Waals surface area (Å²) in [6, 6.07) is 2.49. The predicted molar refractivity (Wildman–Crippen MR) is 111 cm³/mol. The smallest absolute Gasteiger partial charge is 0.410 e. The Kier molecular flexibility index (Phi) is 5.13. The first-order valence-corrected chi connectivity index (χ1v) is 10.6. The zero-order valence-corrected chi connectivity index (χ0v) is 18.4. The van der Waals surface area contributed by atoms with Gasteiger partial charge in [-0.25, -0.2) is 9.78 Å². The van der Waals surface area contributed by atoms with Gasteiger partial charge in [-0.05, 0) is 58.9 Å². The van der Waals surface area contributed by atoms with Crippen LogP contribution in [0.3, 0.4) is 0 Å². The van der Waals surface area contributed by atoms with Gasteiger partial charge in [0.25, 0.3) is 0 Å². The Morgan fingerprint density at radius 1 is 1.24 bits per heavy atom. The largest absolute Gasteiger partial charge is 0.495 e. The lowest BCUT2D eigenvalue weighted by molar-refractivity contribution is 0.0191. The molecule has 0 N–H and O–H groups in total. The molecule has 1 aromatic heterocycles. The van der Waals surface area contributed by atoms with Crippen LogP contribution in [0.5, 0.6) is 5.75 Å². The second-order valence-corrected chi connectivity index (χ2v) is 9.55. The van der Waals surface area contributed by atoms with Crippen LogP contribution in [-0.4, -0.2) is 61.0 Å². The van der Waals surface area contributed by atoms with Crippen molar-refractivity contribution >= 4 is 11.9 Å². The number of nitrogens with zero attached hydrogens (tertiary/aromatic N) is 3. The first-order chi connectivity index (χ1) is 13.7. The van der Waals surface area contributed by atoms with Gasteiger partial charge in [-0.15, -0.1) is 0 Å². The lowest BCUT2D eigenvalue weighted by Gasteiger charge is -2.43. The highest BCUT2D eigenvalue weighted by Gasteiger charge is 2.43. The van der Waals surface area contributed by atoms with Crippen molar-refractivity contribution in [1.29, 1.82) is 0 Å².